The molecule has 1 fully saturated rings. The SMILES string of the molecule is Fc1ccc(C2CCC3C=NCCC32)cc1. The lowest BCUT2D eigenvalue weighted by molar-refractivity contribution is 0.400. The third kappa shape index (κ3) is 1.66. The van der Waals surface area contributed by atoms with E-state index in [1.165, 1.54) is 24.8 Å². The first-order valence-electron chi connectivity index (χ1n) is 6.10. The highest BCUT2D eigenvalue weighted by Gasteiger charge is 2.36. The van der Waals surface area contributed by atoms with Gasteiger partial charge in [-0.1, -0.05) is 12.1 Å². The van der Waals surface area contributed by atoms with E-state index >= 15 is 0 Å². The van der Waals surface area contributed by atoms with Crippen molar-refractivity contribution in [2.24, 2.45) is 16.8 Å². The largest absolute Gasteiger partial charge is 0.297 e. The predicted octanol–water partition coefficient (Wildman–Crippen LogP) is 3.41. The Morgan fingerprint density at radius 2 is 1.88 bits per heavy atom. The van der Waals surface area contributed by atoms with Crippen molar-refractivity contribution in [1.29, 1.82) is 0 Å². The number of benzene rings is 1. The molecule has 3 unspecified atom stereocenters. The summed E-state index contributed by atoms with van der Waals surface area (Å²) in [6.07, 6.45) is 5.82. The molecule has 0 amide bonds. The molecule has 1 aromatic carbocycles. The average molecular weight is 217 g/mol. The van der Waals surface area contributed by atoms with Crippen LogP contribution in [0, 0.1) is 17.7 Å². The van der Waals surface area contributed by atoms with Crippen LogP contribution >= 0.6 is 0 Å². The molecule has 84 valence electrons. The molecule has 2 heteroatoms. The van der Waals surface area contributed by atoms with Gasteiger partial charge in [0.2, 0.25) is 0 Å². The Labute approximate surface area is 95.4 Å². The van der Waals surface area contributed by atoms with Gasteiger partial charge in [0.15, 0.2) is 0 Å². The van der Waals surface area contributed by atoms with E-state index in [1.54, 1.807) is 12.1 Å². The monoisotopic (exact) mass is 217 g/mol. The van der Waals surface area contributed by atoms with Crippen molar-refractivity contribution in [3.05, 3.63) is 35.6 Å². The minimum absolute atomic E-state index is 0.136. The van der Waals surface area contributed by atoms with E-state index in [1.807, 2.05) is 12.1 Å². The van der Waals surface area contributed by atoms with Crippen molar-refractivity contribution >= 4 is 6.21 Å². The third-order valence-electron chi connectivity index (χ3n) is 4.06. The second-order valence-corrected chi connectivity index (χ2v) is 4.91. The molecule has 1 aliphatic heterocycles. The van der Waals surface area contributed by atoms with Crippen LogP contribution in [0.5, 0.6) is 0 Å². The van der Waals surface area contributed by atoms with Crippen molar-refractivity contribution in [2.75, 3.05) is 6.54 Å². The second-order valence-electron chi connectivity index (χ2n) is 4.91. The van der Waals surface area contributed by atoms with E-state index in [9.17, 15) is 4.39 Å². The third-order valence-corrected chi connectivity index (χ3v) is 4.06. The number of hydrogen-bond donors (Lipinski definition) is 0. The van der Waals surface area contributed by atoms with Gasteiger partial charge in [0.25, 0.3) is 0 Å². The summed E-state index contributed by atoms with van der Waals surface area (Å²) in [6, 6.07) is 7.07. The first-order chi connectivity index (χ1) is 7.84. The molecule has 3 atom stereocenters. The summed E-state index contributed by atoms with van der Waals surface area (Å²) in [5.74, 6) is 1.90. The van der Waals surface area contributed by atoms with Gasteiger partial charge < -0.3 is 0 Å². The molecule has 0 radical (unpaired) electrons. The molecule has 1 nitrogen and oxygen atoms in total. The number of rotatable bonds is 1. The number of fused-ring (bicyclic) bond motifs is 1. The van der Waals surface area contributed by atoms with Gasteiger partial charge in [-0.15, -0.1) is 0 Å². The summed E-state index contributed by atoms with van der Waals surface area (Å²) >= 11 is 0. The molecule has 1 aliphatic carbocycles. The predicted molar refractivity (Wildman–Crippen MR) is 63.3 cm³/mol. The van der Waals surface area contributed by atoms with Crippen molar-refractivity contribution in [2.45, 2.75) is 25.2 Å². The van der Waals surface area contributed by atoms with Gasteiger partial charge in [-0.2, -0.15) is 0 Å². The lowest BCUT2D eigenvalue weighted by atomic mass is 9.82. The Bertz CT molecular complexity index is 396. The summed E-state index contributed by atoms with van der Waals surface area (Å²) in [6.45, 7) is 0.971. The van der Waals surface area contributed by atoms with Crippen LogP contribution in [0.15, 0.2) is 29.3 Å². The van der Waals surface area contributed by atoms with Crippen LogP contribution in [0.1, 0.15) is 30.7 Å². The summed E-state index contributed by atoms with van der Waals surface area (Å²) < 4.78 is 12.9. The maximum absolute atomic E-state index is 12.9. The van der Waals surface area contributed by atoms with Crippen molar-refractivity contribution in [1.82, 2.24) is 0 Å². The molecule has 1 heterocycles. The highest BCUT2D eigenvalue weighted by atomic mass is 19.1. The van der Waals surface area contributed by atoms with Gasteiger partial charge in [0.05, 0.1) is 0 Å². The van der Waals surface area contributed by atoms with E-state index in [2.05, 4.69) is 11.2 Å². The molecule has 0 bridgehead atoms. The lowest BCUT2D eigenvalue weighted by Crippen LogP contribution is -2.20. The Balaban J connectivity index is 1.85. The van der Waals surface area contributed by atoms with Gasteiger partial charge in [-0.25, -0.2) is 4.39 Å². The van der Waals surface area contributed by atoms with E-state index < -0.39 is 0 Å². The Hall–Kier alpha value is -1.18. The van der Waals surface area contributed by atoms with Gasteiger partial charge in [-0.3, -0.25) is 4.99 Å². The first kappa shape index (κ1) is 10.0. The molecule has 0 spiro atoms. The van der Waals surface area contributed by atoms with Crippen LogP contribution in [0.4, 0.5) is 4.39 Å². The summed E-state index contributed by atoms with van der Waals surface area (Å²) in [5.41, 5.74) is 1.31. The maximum Gasteiger partial charge on any atom is 0.123 e. The molecular formula is C14H16FN. The van der Waals surface area contributed by atoms with E-state index in [-0.39, 0.29) is 5.82 Å². The van der Waals surface area contributed by atoms with Crippen LogP contribution in [0.25, 0.3) is 0 Å². The van der Waals surface area contributed by atoms with Crippen LogP contribution in [-0.4, -0.2) is 12.8 Å². The van der Waals surface area contributed by atoms with Crippen LogP contribution in [0.3, 0.4) is 0 Å². The fourth-order valence-corrected chi connectivity index (χ4v) is 3.26. The zero-order chi connectivity index (χ0) is 11.0. The smallest absolute Gasteiger partial charge is 0.123 e. The zero-order valence-electron chi connectivity index (χ0n) is 9.27. The summed E-state index contributed by atoms with van der Waals surface area (Å²) in [5, 5.41) is 0. The minimum atomic E-state index is -0.136. The highest BCUT2D eigenvalue weighted by Crippen LogP contribution is 2.45. The fraction of sp³-hybridized carbons (Fsp3) is 0.500. The topological polar surface area (TPSA) is 12.4 Å². The second kappa shape index (κ2) is 4.00. The standard InChI is InChI=1S/C14H16FN/c15-12-4-1-10(2-5-12)13-6-3-11-9-16-8-7-14(11)13/h1-2,4-5,9,11,13-14H,3,6-8H2. The van der Waals surface area contributed by atoms with E-state index in [0.717, 1.165) is 12.5 Å². The zero-order valence-corrected chi connectivity index (χ0v) is 9.27. The van der Waals surface area contributed by atoms with Gasteiger partial charge in [0, 0.05) is 12.8 Å². The lowest BCUT2D eigenvalue weighted by Gasteiger charge is -2.25. The number of nitrogens with zero attached hydrogens (tertiary/aromatic N) is 1. The molecule has 0 saturated heterocycles. The van der Waals surface area contributed by atoms with E-state index in [0.29, 0.717) is 11.8 Å². The first-order valence-corrected chi connectivity index (χ1v) is 6.10. The fourth-order valence-electron chi connectivity index (χ4n) is 3.26. The van der Waals surface area contributed by atoms with Crippen LogP contribution < -0.4 is 0 Å². The van der Waals surface area contributed by atoms with Gasteiger partial charge in [0.1, 0.15) is 5.82 Å². The molecule has 1 saturated carbocycles. The average Bonchev–Trinajstić information content (AvgIpc) is 2.74. The Morgan fingerprint density at radius 1 is 1.06 bits per heavy atom. The highest BCUT2D eigenvalue weighted by molar-refractivity contribution is 5.63. The number of aliphatic imine (C=N–C) groups is 1. The Kier molecular flexibility index (Phi) is 2.50. The molecule has 0 aromatic heterocycles. The molecule has 16 heavy (non-hydrogen) atoms. The summed E-state index contributed by atoms with van der Waals surface area (Å²) in [7, 11) is 0. The van der Waals surface area contributed by atoms with Crippen LogP contribution in [0.2, 0.25) is 0 Å². The molecular weight excluding hydrogens is 201 g/mol. The molecule has 3 rings (SSSR count). The van der Waals surface area contributed by atoms with Crippen molar-refractivity contribution < 1.29 is 4.39 Å². The normalized spacial score (nSPS) is 32.7. The quantitative estimate of drug-likeness (QED) is 0.683. The van der Waals surface area contributed by atoms with Crippen molar-refractivity contribution in [3.8, 4) is 0 Å². The van der Waals surface area contributed by atoms with Crippen molar-refractivity contribution in [3.63, 3.8) is 0 Å². The minimum Gasteiger partial charge on any atom is -0.297 e. The number of halogens is 1. The van der Waals surface area contributed by atoms with E-state index in [4.69, 9.17) is 0 Å². The number of hydrogen-bond acceptors (Lipinski definition) is 1. The van der Waals surface area contributed by atoms with Crippen LogP contribution in [-0.2, 0) is 0 Å². The summed E-state index contributed by atoms with van der Waals surface area (Å²) in [4.78, 5) is 4.38. The van der Waals surface area contributed by atoms with Gasteiger partial charge in [-0.05, 0) is 54.7 Å². The van der Waals surface area contributed by atoms with Gasteiger partial charge >= 0.3 is 0 Å². The molecule has 2 aliphatic rings. The molecule has 0 N–H and O–H groups in total. The molecule has 1 aromatic rings. The Morgan fingerprint density at radius 3 is 2.69 bits per heavy atom. The maximum atomic E-state index is 12.9.